The molecule has 90 valence electrons. The van der Waals surface area contributed by atoms with E-state index in [2.05, 4.69) is 42.2 Å². The second kappa shape index (κ2) is 4.88. The Morgan fingerprint density at radius 2 is 2.47 bits per heavy atom. The van der Waals surface area contributed by atoms with E-state index >= 15 is 0 Å². The van der Waals surface area contributed by atoms with Gasteiger partial charge in [0.25, 0.3) is 0 Å². The Morgan fingerprint density at radius 3 is 3.35 bits per heavy atom. The molecule has 0 aromatic carbocycles. The molecule has 3 rings (SSSR count). The fraction of sp³-hybridized carbons (Fsp3) is 0.455. The number of rotatable bonds is 2. The molecule has 0 spiro atoms. The summed E-state index contributed by atoms with van der Waals surface area (Å²) in [5.41, 5.74) is 0. The van der Waals surface area contributed by atoms with Crippen LogP contribution in [0.15, 0.2) is 17.8 Å². The maximum absolute atomic E-state index is 5.64. The molecule has 0 bridgehead atoms. The van der Waals surface area contributed by atoms with E-state index in [4.69, 9.17) is 4.74 Å². The number of nitrogens with zero attached hydrogens (tertiary/aromatic N) is 3. The normalized spacial score (nSPS) is 21.0. The molecular formula is C11H12BrN3OS. The minimum absolute atomic E-state index is 0.243. The average molecular weight is 314 g/mol. The lowest BCUT2D eigenvalue weighted by molar-refractivity contribution is 0.0569. The van der Waals surface area contributed by atoms with Crippen molar-refractivity contribution in [3.8, 4) is 0 Å². The number of alkyl halides is 1. The van der Waals surface area contributed by atoms with E-state index in [1.807, 2.05) is 0 Å². The summed E-state index contributed by atoms with van der Waals surface area (Å²) < 4.78 is 5.64. The van der Waals surface area contributed by atoms with E-state index < -0.39 is 0 Å². The quantitative estimate of drug-likeness (QED) is 0.797. The van der Waals surface area contributed by atoms with Crippen molar-refractivity contribution in [1.82, 2.24) is 9.97 Å². The molecule has 6 heteroatoms. The van der Waals surface area contributed by atoms with Crippen LogP contribution in [0.4, 0.5) is 5.82 Å². The fourth-order valence-corrected chi connectivity index (χ4v) is 3.15. The maximum Gasteiger partial charge on any atom is 0.140 e. The maximum atomic E-state index is 5.64. The van der Waals surface area contributed by atoms with Crippen molar-refractivity contribution in [2.75, 3.05) is 29.9 Å². The molecule has 1 aliphatic rings. The van der Waals surface area contributed by atoms with Crippen LogP contribution in [-0.4, -0.2) is 41.1 Å². The van der Waals surface area contributed by atoms with Gasteiger partial charge in [-0.25, -0.2) is 9.97 Å². The number of aromatic nitrogens is 2. The van der Waals surface area contributed by atoms with Gasteiger partial charge in [0.15, 0.2) is 0 Å². The summed E-state index contributed by atoms with van der Waals surface area (Å²) >= 11 is 5.12. The number of thiophene rings is 1. The molecule has 1 saturated heterocycles. The summed E-state index contributed by atoms with van der Waals surface area (Å²) in [6.45, 7) is 2.53. The highest BCUT2D eigenvalue weighted by Gasteiger charge is 2.22. The van der Waals surface area contributed by atoms with E-state index in [1.165, 1.54) is 0 Å². The summed E-state index contributed by atoms with van der Waals surface area (Å²) in [6.07, 6.45) is 1.89. The number of anilines is 1. The number of fused-ring (bicyclic) bond motifs is 1. The summed E-state index contributed by atoms with van der Waals surface area (Å²) in [7, 11) is 0. The lowest BCUT2D eigenvalue weighted by Crippen LogP contribution is -2.43. The van der Waals surface area contributed by atoms with Crippen LogP contribution in [0.3, 0.4) is 0 Å². The van der Waals surface area contributed by atoms with Crippen LogP contribution in [0, 0.1) is 0 Å². The molecule has 1 aliphatic heterocycles. The largest absolute Gasteiger partial charge is 0.374 e. The summed E-state index contributed by atoms with van der Waals surface area (Å²) in [5, 5.41) is 4.07. The summed E-state index contributed by atoms with van der Waals surface area (Å²) in [6, 6.07) is 2.09. The predicted molar refractivity (Wildman–Crippen MR) is 73.2 cm³/mol. The highest BCUT2D eigenvalue weighted by molar-refractivity contribution is 9.09. The van der Waals surface area contributed by atoms with E-state index in [-0.39, 0.29) is 6.10 Å². The van der Waals surface area contributed by atoms with Gasteiger partial charge in [0, 0.05) is 18.4 Å². The molecule has 1 atom stereocenters. The molecule has 0 radical (unpaired) electrons. The Morgan fingerprint density at radius 1 is 1.53 bits per heavy atom. The number of ether oxygens (including phenoxy) is 1. The van der Waals surface area contributed by atoms with Gasteiger partial charge in [-0.15, -0.1) is 11.3 Å². The van der Waals surface area contributed by atoms with Gasteiger partial charge < -0.3 is 9.64 Å². The van der Waals surface area contributed by atoms with Gasteiger partial charge in [0.1, 0.15) is 17.0 Å². The third kappa shape index (κ3) is 2.17. The van der Waals surface area contributed by atoms with E-state index in [0.717, 1.165) is 41.1 Å². The van der Waals surface area contributed by atoms with Crippen molar-refractivity contribution in [2.24, 2.45) is 0 Å². The first-order chi connectivity index (χ1) is 8.38. The molecule has 17 heavy (non-hydrogen) atoms. The molecule has 0 saturated carbocycles. The Balaban J connectivity index is 1.94. The first kappa shape index (κ1) is 11.4. The van der Waals surface area contributed by atoms with Crippen LogP contribution >= 0.6 is 27.3 Å². The molecule has 0 amide bonds. The van der Waals surface area contributed by atoms with E-state index in [9.17, 15) is 0 Å². The highest BCUT2D eigenvalue weighted by atomic mass is 79.9. The number of morpholine rings is 1. The summed E-state index contributed by atoms with van der Waals surface area (Å²) in [5.74, 6) is 1.03. The third-order valence-electron chi connectivity index (χ3n) is 2.85. The summed E-state index contributed by atoms with van der Waals surface area (Å²) in [4.78, 5) is 12.0. The van der Waals surface area contributed by atoms with Crippen LogP contribution in [-0.2, 0) is 4.74 Å². The van der Waals surface area contributed by atoms with Crippen molar-refractivity contribution in [3.05, 3.63) is 17.8 Å². The van der Waals surface area contributed by atoms with Crippen LogP contribution in [0.1, 0.15) is 0 Å². The van der Waals surface area contributed by atoms with Gasteiger partial charge in [-0.05, 0) is 11.4 Å². The molecule has 1 fully saturated rings. The van der Waals surface area contributed by atoms with Gasteiger partial charge in [-0.3, -0.25) is 0 Å². The van der Waals surface area contributed by atoms with E-state index in [1.54, 1.807) is 17.7 Å². The zero-order chi connectivity index (χ0) is 11.7. The Kier molecular flexibility index (Phi) is 3.26. The van der Waals surface area contributed by atoms with Gasteiger partial charge in [-0.2, -0.15) is 0 Å². The monoisotopic (exact) mass is 313 g/mol. The fourth-order valence-electron chi connectivity index (χ4n) is 2.03. The number of hydrogen-bond donors (Lipinski definition) is 0. The van der Waals surface area contributed by atoms with E-state index in [0.29, 0.717) is 0 Å². The molecule has 2 aromatic heterocycles. The lowest BCUT2D eigenvalue weighted by atomic mass is 10.2. The van der Waals surface area contributed by atoms with Crippen molar-refractivity contribution in [1.29, 1.82) is 0 Å². The van der Waals surface area contributed by atoms with Crippen molar-refractivity contribution in [2.45, 2.75) is 6.10 Å². The molecule has 1 unspecified atom stereocenters. The van der Waals surface area contributed by atoms with Crippen LogP contribution in [0.5, 0.6) is 0 Å². The van der Waals surface area contributed by atoms with Crippen molar-refractivity contribution >= 4 is 43.3 Å². The predicted octanol–water partition coefficient (Wildman–Crippen LogP) is 2.29. The topological polar surface area (TPSA) is 38.2 Å². The molecule has 0 N–H and O–H groups in total. The Hall–Kier alpha value is -0.720. The molecule has 3 heterocycles. The Bertz CT molecular complexity index is 518. The number of halogens is 1. The van der Waals surface area contributed by atoms with Gasteiger partial charge in [0.2, 0.25) is 0 Å². The SMILES string of the molecule is BrCC1CN(c2ncnc3sccc23)CCO1. The third-order valence-corrected chi connectivity index (χ3v) is 4.39. The van der Waals surface area contributed by atoms with Crippen molar-refractivity contribution in [3.63, 3.8) is 0 Å². The first-order valence-electron chi connectivity index (χ1n) is 5.49. The van der Waals surface area contributed by atoms with Gasteiger partial charge >= 0.3 is 0 Å². The van der Waals surface area contributed by atoms with Crippen molar-refractivity contribution < 1.29 is 4.74 Å². The zero-order valence-corrected chi connectivity index (χ0v) is 11.6. The van der Waals surface area contributed by atoms with Crippen LogP contribution < -0.4 is 4.90 Å². The molecule has 2 aromatic rings. The highest BCUT2D eigenvalue weighted by Crippen LogP contribution is 2.27. The lowest BCUT2D eigenvalue weighted by Gasteiger charge is -2.33. The van der Waals surface area contributed by atoms with Gasteiger partial charge in [-0.1, -0.05) is 15.9 Å². The second-order valence-corrected chi connectivity index (χ2v) is 5.47. The number of hydrogen-bond acceptors (Lipinski definition) is 5. The van der Waals surface area contributed by atoms with Gasteiger partial charge in [0.05, 0.1) is 18.1 Å². The van der Waals surface area contributed by atoms with Crippen LogP contribution in [0.25, 0.3) is 10.2 Å². The smallest absolute Gasteiger partial charge is 0.140 e. The molecular weight excluding hydrogens is 302 g/mol. The second-order valence-electron chi connectivity index (χ2n) is 3.93. The zero-order valence-electron chi connectivity index (χ0n) is 9.17. The Labute approximate surface area is 112 Å². The minimum atomic E-state index is 0.243. The van der Waals surface area contributed by atoms with Crippen LogP contribution in [0.2, 0.25) is 0 Å². The average Bonchev–Trinajstić information content (AvgIpc) is 2.87. The standard InChI is InChI=1S/C11H12BrN3OS/c12-5-8-6-15(2-3-16-8)10-9-1-4-17-11(9)14-7-13-10/h1,4,7-8H,2-3,5-6H2. The molecule has 0 aliphatic carbocycles. The molecule has 4 nitrogen and oxygen atoms in total. The first-order valence-corrected chi connectivity index (χ1v) is 7.49. The minimum Gasteiger partial charge on any atom is -0.374 e.